The molecule has 0 aliphatic heterocycles. The Morgan fingerprint density at radius 2 is 1.86 bits per heavy atom. The molecule has 7 heteroatoms. The normalized spacial score (nSPS) is 10.8. The van der Waals surface area contributed by atoms with Crippen molar-refractivity contribution < 1.29 is 26.5 Å². The number of rotatable bonds is 3. The van der Waals surface area contributed by atoms with Crippen LogP contribution in [0.4, 0.5) is 4.39 Å². The number of hydrogen-bond acceptors (Lipinski definition) is 2. The average Bonchev–Trinajstić information content (AvgIpc) is 2.47. The van der Waals surface area contributed by atoms with Crippen LogP contribution in [0.2, 0.25) is 0 Å². The maximum atomic E-state index is 13.2. The molecule has 0 bridgehead atoms. The zero-order valence-electron chi connectivity index (χ0n) is 12.1. The molecule has 116 valence electrons. The van der Waals surface area contributed by atoms with Crippen LogP contribution in [0.1, 0.15) is 11.1 Å². The van der Waals surface area contributed by atoms with Crippen molar-refractivity contribution in [2.45, 2.75) is 6.92 Å². The first-order valence-corrected chi connectivity index (χ1v) is 11.6. The number of phenolic OH excluding ortho intramolecular Hbond substituents is 1. The van der Waals surface area contributed by atoms with Gasteiger partial charge in [0.2, 0.25) is 0 Å². The van der Waals surface area contributed by atoms with Gasteiger partial charge in [0, 0.05) is 24.1 Å². The van der Waals surface area contributed by atoms with E-state index in [1.165, 1.54) is 12.1 Å². The van der Waals surface area contributed by atoms with Gasteiger partial charge in [-0.1, -0.05) is 26.3 Å². The molecule has 1 unspecified atom stereocenters. The van der Waals surface area contributed by atoms with E-state index in [2.05, 4.69) is 4.99 Å². The number of aromatic hydroxyl groups is 1. The molecule has 2 aromatic rings. The zero-order chi connectivity index (χ0) is 16.5. The van der Waals surface area contributed by atoms with Gasteiger partial charge in [0.1, 0.15) is 11.6 Å². The van der Waals surface area contributed by atoms with Crippen molar-refractivity contribution in [1.82, 2.24) is 0 Å². The van der Waals surface area contributed by atoms with E-state index in [1.807, 2.05) is 19.1 Å². The van der Waals surface area contributed by atoms with Crippen LogP contribution in [0.3, 0.4) is 0 Å². The molecule has 0 aliphatic carbocycles. The third kappa shape index (κ3) is 6.36. The molecule has 0 amide bonds. The van der Waals surface area contributed by atoms with Crippen molar-refractivity contribution in [2.24, 2.45) is 4.99 Å². The molecule has 0 heterocycles. The number of aryl methyl sites for hydroxylation is 1. The van der Waals surface area contributed by atoms with Gasteiger partial charge in [0.25, 0.3) is 0 Å². The van der Waals surface area contributed by atoms with E-state index in [-0.39, 0.29) is 20.1 Å². The second kappa shape index (κ2) is 10.4. The molecule has 0 saturated heterocycles. The molecule has 1 N–H and O–H groups in total. The second-order valence-corrected chi connectivity index (χ2v) is 8.24. The third-order valence-electron chi connectivity index (χ3n) is 2.70. The van der Waals surface area contributed by atoms with Crippen LogP contribution in [-0.4, -0.2) is 18.4 Å². The molecule has 0 radical (unpaired) electrons. The van der Waals surface area contributed by atoms with Gasteiger partial charge in [-0.3, -0.25) is 4.99 Å². The van der Waals surface area contributed by atoms with Gasteiger partial charge in [0.15, 0.2) is 0 Å². The van der Waals surface area contributed by atoms with E-state index in [4.69, 9.17) is 18.6 Å². The number of halogens is 3. The van der Waals surface area contributed by atoms with E-state index in [0.717, 1.165) is 21.7 Å². The van der Waals surface area contributed by atoms with E-state index in [9.17, 15) is 9.50 Å². The van der Waals surface area contributed by atoms with Gasteiger partial charge in [0.05, 0.1) is 0 Å². The summed E-state index contributed by atoms with van der Waals surface area (Å²) >= 11 is -0.556. The molecule has 0 aliphatic rings. The first-order valence-electron chi connectivity index (χ1n) is 6.26. The van der Waals surface area contributed by atoms with Crippen LogP contribution in [0.25, 0.3) is 0 Å². The van der Waals surface area contributed by atoms with Crippen molar-refractivity contribution in [2.75, 3.05) is 7.05 Å². The van der Waals surface area contributed by atoms with Crippen LogP contribution in [-0.2, 0) is 17.0 Å². The Balaban J connectivity index is 0.000000745. The fourth-order valence-electron chi connectivity index (χ4n) is 1.79. The minimum atomic E-state index is -0.556. The zero-order valence-corrected chi connectivity index (χ0v) is 16.1. The van der Waals surface area contributed by atoms with Crippen LogP contribution >= 0.6 is 27.2 Å². The minimum absolute atomic E-state index is 0.269. The fourth-order valence-corrected chi connectivity index (χ4v) is 3.04. The van der Waals surface area contributed by atoms with Crippen LogP contribution < -0.4 is 10.6 Å². The molecule has 0 fully saturated rings. The number of benzene rings is 2. The summed E-state index contributed by atoms with van der Waals surface area (Å²) in [6.07, 6.45) is 1.64. The molecule has 2 nitrogen and oxygen atoms in total. The summed E-state index contributed by atoms with van der Waals surface area (Å²) in [6, 6.07) is 10.1. The molecule has 0 aromatic heterocycles. The van der Waals surface area contributed by atoms with Crippen molar-refractivity contribution in [1.29, 1.82) is 0 Å². The Labute approximate surface area is 148 Å². The molecule has 2 aromatic carbocycles. The summed E-state index contributed by atoms with van der Waals surface area (Å²) in [5.74, 6) is -0.00967. The summed E-state index contributed by atoms with van der Waals surface area (Å²) in [7, 11) is 11.7. The molecule has 2 rings (SSSR count). The molecular formula is C15H15Cl2FNOPTi. The number of nitrogens with zero attached hydrogens (tertiary/aromatic N) is 1. The van der Waals surface area contributed by atoms with Crippen LogP contribution in [0.15, 0.2) is 41.4 Å². The molecule has 0 spiro atoms. The monoisotopic (exact) mass is 393 g/mol. The molecule has 0 saturated carbocycles. The van der Waals surface area contributed by atoms with E-state index in [0.29, 0.717) is 0 Å². The van der Waals surface area contributed by atoms with Crippen LogP contribution in [0, 0.1) is 12.7 Å². The predicted octanol–water partition coefficient (Wildman–Crippen LogP) is 3.89. The van der Waals surface area contributed by atoms with Gasteiger partial charge in [-0.2, -0.15) is 0 Å². The number of hydrogen-bond donors (Lipinski definition) is 1. The standard InChI is InChI=1S/C15H15FNOP.2ClH.Ti/c1-10-3-5-13(18)15(7-10)19-14-6-4-12(16)8-11(14)9-17-2;;;/h3-9,18-19H,1-2H3;2*1H;/q;;;+2/p-2. The first kappa shape index (κ1) is 19.6. The van der Waals surface area contributed by atoms with Crippen molar-refractivity contribution in [3.8, 4) is 5.75 Å². The quantitative estimate of drug-likeness (QED) is 0.479. The average molecular weight is 394 g/mol. The summed E-state index contributed by atoms with van der Waals surface area (Å²) in [4.78, 5) is 3.94. The van der Waals surface area contributed by atoms with Gasteiger partial charge in [-0.15, -0.1) is 0 Å². The van der Waals surface area contributed by atoms with Crippen molar-refractivity contribution in [3.05, 3.63) is 53.3 Å². The van der Waals surface area contributed by atoms with E-state index in [1.54, 1.807) is 25.4 Å². The van der Waals surface area contributed by atoms with E-state index < -0.39 is 17.0 Å². The fraction of sp³-hybridized carbons (Fsp3) is 0.133. The van der Waals surface area contributed by atoms with Gasteiger partial charge < -0.3 is 5.11 Å². The van der Waals surface area contributed by atoms with Gasteiger partial charge >= 0.3 is 35.6 Å². The summed E-state index contributed by atoms with van der Waals surface area (Å²) in [5.41, 5.74) is 1.84. The Bertz CT molecular complexity index is 655. The number of aliphatic imine (C=N–C) groups is 1. The van der Waals surface area contributed by atoms with Crippen LogP contribution in [0.5, 0.6) is 5.75 Å². The summed E-state index contributed by atoms with van der Waals surface area (Å²) in [6.45, 7) is 1.98. The molecule has 1 atom stereocenters. The Kier molecular flexibility index (Phi) is 9.23. The topological polar surface area (TPSA) is 32.6 Å². The van der Waals surface area contributed by atoms with Gasteiger partial charge in [-0.25, -0.2) is 4.39 Å². The van der Waals surface area contributed by atoms with Crippen molar-refractivity contribution in [3.63, 3.8) is 0 Å². The number of phenols is 1. The second-order valence-electron chi connectivity index (χ2n) is 4.34. The Morgan fingerprint density at radius 1 is 1.18 bits per heavy atom. The SMILES string of the molecule is CN=Cc1cc(F)ccc1Pc1cc(C)ccc1O.[Cl][Ti][Cl]. The van der Waals surface area contributed by atoms with E-state index >= 15 is 0 Å². The predicted molar refractivity (Wildman–Crippen MR) is 92.1 cm³/mol. The maximum absolute atomic E-state index is 13.2. The summed E-state index contributed by atoms with van der Waals surface area (Å²) < 4.78 is 13.2. The third-order valence-corrected chi connectivity index (χ3v) is 4.10. The Hall–Kier alpha value is -0.436. The summed E-state index contributed by atoms with van der Waals surface area (Å²) in [5, 5.41) is 11.7. The molecular weight excluding hydrogens is 379 g/mol. The first-order chi connectivity index (χ1) is 10.5. The Morgan fingerprint density at radius 3 is 2.50 bits per heavy atom. The molecule has 22 heavy (non-hydrogen) atoms. The van der Waals surface area contributed by atoms with Crippen molar-refractivity contribution >= 4 is 44.0 Å². The van der Waals surface area contributed by atoms with Gasteiger partial charge in [-0.05, 0) is 36.5 Å².